The van der Waals surface area contributed by atoms with Gasteiger partial charge in [-0.1, -0.05) is 17.7 Å². The maximum absolute atomic E-state index is 12.8. The van der Waals surface area contributed by atoms with Gasteiger partial charge in [-0.3, -0.25) is 9.69 Å². The Morgan fingerprint density at radius 3 is 2.32 bits per heavy atom. The second kappa shape index (κ2) is 8.91. The van der Waals surface area contributed by atoms with E-state index in [0.29, 0.717) is 17.7 Å². The summed E-state index contributed by atoms with van der Waals surface area (Å²) in [6, 6.07) is 3.08. The number of nitrogens with zero attached hydrogens (tertiary/aromatic N) is 1. The zero-order valence-electron chi connectivity index (χ0n) is 17.1. The average Bonchev–Trinajstić information content (AvgIpc) is 2.56. The van der Waals surface area contributed by atoms with Crippen molar-refractivity contribution in [3.8, 4) is 0 Å². The van der Waals surface area contributed by atoms with Crippen LogP contribution in [0, 0.1) is 20.8 Å². The van der Waals surface area contributed by atoms with Crippen molar-refractivity contribution in [2.75, 3.05) is 13.2 Å². The van der Waals surface area contributed by atoms with Crippen LogP contribution in [-0.2, 0) is 14.3 Å². The maximum atomic E-state index is 12.8. The van der Waals surface area contributed by atoms with Crippen molar-refractivity contribution in [1.82, 2.24) is 10.2 Å². The lowest BCUT2D eigenvalue weighted by atomic mass is 9.87. The van der Waals surface area contributed by atoms with Gasteiger partial charge in [-0.2, -0.15) is 0 Å². The fraction of sp³-hybridized carbons (Fsp3) is 0.476. The molecule has 152 valence electrons. The van der Waals surface area contributed by atoms with Gasteiger partial charge in [0.25, 0.3) is 0 Å². The van der Waals surface area contributed by atoms with E-state index < -0.39 is 18.0 Å². The number of hydrogen-bond donors (Lipinski definition) is 2. The molecule has 0 aliphatic carbocycles. The summed E-state index contributed by atoms with van der Waals surface area (Å²) in [7, 11) is 0. The minimum Gasteiger partial charge on any atom is -0.481 e. The van der Waals surface area contributed by atoms with Crippen LogP contribution in [0.4, 0.5) is 4.79 Å². The van der Waals surface area contributed by atoms with Gasteiger partial charge in [-0.25, -0.2) is 9.59 Å². The van der Waals surface area contributed by atoms with E-state index in [1.54, 1.807) is 13.8 Å². The number of nitrogens with one attached hydrogen (secondary N) is 1. The molecule has 2 amide bonds. The van der Waals surface area contributed by atoms with Crippen LogP contribution in [0.3, 0.4) is 0 Å². The van der Waals surface area contributed by atoms with Crippen LogP contribution in [0.5, 0.6) is 0 Å². The van der Waals surface area contributed by atoms with Crippen molar-refractivity contribution in [2.45, 2.75) is 53.5 Å². The molecule has 0 saturated carbocycles. The van der Waals surface area contributed by atoms with E-state index in [4.69, 9.17) is 9.84 Å². The molecule has 1 heterocycles. The summed E-state index contributed by atoms with van der Waals surface area (Å²) >= 11 is 0. The van der Waals surface area contributed by atoms with Crippen LogP contribution >= 0.6 is 0 Å². The highest BCUT2D eigenvalue weighted by Gasteiger charge is 2.37. The summed E-state index contributed by atoms with van der Waals surface area (Å²) in [6.45, 7) is 9.79. The Morgan fingerprint density at radius 1 is 1.18 bits per heavy atom. The van der Waals surface area contributed by atoms with E-state index in [1.165, 1.54) is 4.90 Å². The third-order valence-electron chi connectivity index (χ3n) is 4.89. The zero-order valence-corrected chi connectivity index (χ0v) is 17.1. The second-order valence-electron chi connectivity index (χ2n) is 7.06. The molecule has 0 radical (unpaired) electrons. The fourth-order valence-electron chi connectivity index (χ4n) is 3.78. The summed E-state index contributed by atoms with van der Waals surface area (Å²) in [5.41, 5.74) is 4.83. The van der Waals surface area contributed by atoms with Gasteiger partial charge in [0.15, 0.2) is 0 Å². The lowest BCUT2D eigenvalue weighted by molar-refractivity contribution is -0.139. The Balaban J connectivity index is 2.51. The van der Waals surface area contributed by atoms with E-state index in [-0.39, 0.29) is 25.6 Å². The highest BCUT2D eigenvalue weighted by atomic mass is 16.5. The highest BCUT2D eigenvalue weighted by Crippen LogP contribution is 2.35. The van der Waals surface area contributed by atoms with Crippen LogP contribution in [0.2, 0.25) is 0 Å². The maximum Gasteiger partial charge on any atom is 0.338 e. The van der Waals surface area contributed by atoms with Gasteiger partial charge in [-0.05, 0) is 57.7 Å². The Kier molecular flexibility index (Phi) is 6.83. The molecule has 0 saturated heterocycles. The number of ether oxygens (including phenoxy) is 1. The molecular formula is C21H28N2O5. The molecular weight excluding hydrogens is 360 g/mol. The predicted octanol–water partition coefficient (Wildman–Crippen LogP) is 3.38. The van der Waals surface area contributed by atoms with Crippen molar-refractivity contribution < 1.29 is 24.2 Å². The van der Waals surface area contributed by atoms with E-state index >= 15 is 0 Å². The smallest absolute Gasteiger partial charge is 0.338 e. The lowest BCUT2D eigenvalue weighted by Gasteiger charge is -2.36. The molecule has 1 unspecified atom stereocenters. The summed E-state index contributed by atoms with van der Waals surface area (Å²) in [5.74, 6) is -1.40. The van der Waals surface area contributed by atoms with Gasteiger partial charge in [0.1, 0.15) is 0 Å². The van der Waals surface area contributed by atoms with Crippen molar-refractivity contribution >= 4 is 18.0 Å². The fourth-order valence-corrected chi connectivity index (χ4v) is 3.78. The average molecular weight is 388 g/mol. The Hall–Kier alpha value is -2.83. The summed E-state index contributed by atoms with van der Waals surface area (Å²) in [4.78, 5) is 37.7. The largest absolute Gasteiger partial charge is 0.481 e. The first kappa shape index (κ1) is 21.5. The number of carboxylic acid groups (broad SMARTS) is 1. The number of benzene rings is 1. The highest BCUT2D eigenvalue weighted by molar-refractivity contribution is 5.95. The van der Waals surface area contributed by atoms with E-state index in [2.05, 4.69) is 5.32 Å². The van der Waals surface area contributed by atoms with Crippen molar-refractivity contribution in [3.63, 3.8) is 0 Å². The van der Waals surface area contributed by atoms with Crippen LogP contribution in [0.1, 0.15) is 55.0 Å². The molecule has 1 aromatic rings. The molecule has 2 rings (SSSR count). The normalized spacial score (nSPS) is 16.8. The van der Waals surface area contributed by atoms with Crippen LogP contribution in [-0.4, -0.2) is 41.1 Å². The number of aryl methyl sites for hydroxylation is 3. The number of esters is 1. The standard InChI is InChI=1S/C21H28N2O5/c1-6-28-20(26)18-15(5)23(9-7-8-16(24)25)21(27)22-19(18)17-13(3)10-12(2)11-14(17)4/h10-11,19H,6-9H2,1-5H3,(H,22,27)(H,24,25). The molecule has 0 fully saturated rings. The molecule has 1 atom stereocenters. The number of allylic oxidation sites excluding steroid dienone is 1. The first-order chi connectivity index (χ1) is 13.2. The molecule has 0 spiro atoms. The van der Waals surface area contributed by atoms with Crippen LogP contribution < -0.4 is 5.32 Å². The molecule has 0 aromatic heterocycles. The van der Waals surface area contributed by atoms with Gasteiger partial charge >= 0.3 is 18.0 Å². The van der Waals surface area contributed by atoms with Crippen LogP contribution in [0.15, 0.2) is 23.4 Å². The van der Waals surface area contributed by atoms with Gasteiger partial charge in [0.2, 0.25) is 0 Å². The summed E-state index contributed by atoms with van der Waals surface area (Å²) in [6.07, 6.45) is 0.245. The quantitative estimate of drug-likeness (QED) is 0.698. The molecule has 2 N–H and O–H groups in total. The number of carbonyl (C=O) groups is 3. The molecule has 1 aliphatic rings. The first-order valence-electron chi connectivity index (χ1n) is 9.42. The van der Waals surface area contributed by atoms with Gasteiger partial charge in [0, 0.05) is 18.7 Å². The molecule has 28 heavy (non-hydrogen) atoms. The number of amides is 2. The van der Waals surface area contributed by atoms with E-state index in [9.17, 15) is 14.4 Å². The van der Waals surface area contributed by atoms with Crippen molar-refractivity contribution in [1.29, 1.82) is 0 Å². The van der Waals surface area contributed by atoms with Crippen molar-refractivity contribution in [3.05, 3.63) is 45.7 Å². The van der Waals surface area contributed by atoms with Gasteiger partial charge in [0.05, 0.1) is 18.2 Å². The zero-order chi connectivity index (χ0) is 21.0. The number of carboxylic acids is 1. The molecule has 1 aromatic carbocycles. The SMILES string of the molecule is CCOC(=O)C1=C(C)N(CCCC(=O)O)C(=O)NC1c1c(C)cc(C)cc1C. The lowest BCUT2D eigenvalue weighted by Crippen LogP contribution is -2.48. The summed E-state index contributed by atoms with van der Waals surface area (Å²) in [5, 5.41) is 11.8. The Morgan fingerprint density at radius 2 is 1.79 bits per heavy atom. The molecule has 7 nitrogen and oxygen atoms in total. The number of urea groups is 1. The third kappa shape index (κ3) is 4.52. The number of rotatable bonds is 7. The van der Waals surface area contributed by atoms with Crippen molar-refractivity contribution in [2.24, 2.45) is 0 Å². The first-order valence-corrected chi connectivity index (χ1v) is 9.42. The van der Waals surface area contributed by atoms with Gasteiger partial charge in [-0.15, -0.1) is 0 Å². The third-order valence-corrected chi connectivity index (χ3v) is 4.89. The van der Waals surface area contributed by atoms with Crippen LogP contribution in [0.25, 0.3) is 0 Å². The minimum absolute atomic E-state index is 0.0502. The van der Waals surface area contributed by atoms with E-state index in [1.807, 2.05) is 32.9 Å². The number of carbonyl (C=O) groups excluding carboxylic acids is 2. The molecule has 1 aliphatic heterocycles. The predicted molar refractivity (Wildman–Crippen MR) is 105 cm³/mol. The minimum atomic E-state index is -0.923. The Labute approximate surface area is 165 Å². The Bertz CT molecular complexity index is 805. The number of hydrogen-bond acceptors (Lipinski definition) is 4. The molecule has 7 heteroatoms. The number of aliphatic carboxylic acids is 1. The summed E-state index contributed by atoms with van der Waals surface area (Å²) < 4.78 is 5.26. The molecule has 0 bridgehead atoms. The van der Waals surface area contributed by atoms with E-state index in [0.717, 1.165) is 22.3 Å². The monoisotopic (exact) mass is 388 g/mol. The van der Waals surface area contributed by atoms with Gasteiger partial charge < -0.3 is 15.2 Å². The second-order valence-corrected chi connectivity index (χ2v) is 7.06. The topological polar surface area (TPSA) is 95.9 Å².